The van der Waals surface area contributed by atoms with Crippen molar-refractivity contribution in [3.63, 3.8) is 0 Å². The Morgan fingerprint density at radius 3 is 1.80 bits per heavy atom. The van der Waals surface area contributed by atoms with E-state index in [9.17, 15) is 0 Å². The summed E-state index contributed by atoms with van der Waals surface area (Å²) < 4.78 is -0.833. The third kappa shape index (κ3) is 50.1. The molecule has 5 heavy (non-hydrogen) atoms. The fourth-order valence-corrected chi connectivity index (χ4v) is 0. The van der Waals surface area contributed by atoms with Gasteiger partial charge in [-0.25, -0.2) is 0 Å². The molecule has 0 amide bonds. The van der Waals surface area contributed by atoms with Gasteiger partial charge in [0.15, 0.2) is 0 Å². The minimum Gasteiger partial charge on any atom is 0 e. The summed E-state index contributed by atoms with van der Waals surface area (Å²) in [5, 5.41) is 7.42. The van der Waals surface area contributed by atoms with Crippen LogP contribution in [0.1, 0.15) is 0 Å². The van der Waals surface area contributed by atoms with Crippen molar-refractivity contribution < 1.29 is 36.1 Å². The minimum absolute atomic E-state index is 0. The second-order valence-electron chi connectivity index (χ2n) is 0.305. The van der Waals surface area contributed by atoms with Crippen LogP contribution < -0.4 is 0 Å². The average molecular weight is 212 g/mol. The molecule has 0 bridgehead atoms. The summed E-state index contributed by atoms with van der Waals surface area (Å²) in [6.45, 7) is 0. The molecule has 0 aliphatic carbocycles. The van der Waals surface area contributed by atoms with Crippen LogP contribution in [0.2, 0.25) is 0 Å². The Morgan fingerprint density at radius 2 is 1.80 bits per heavy atom. The third-order valence-electron chi connectivity index (χ3n) is 0. The van der Waals surface area contributed by atoms with Gasteiger partial charge < -0.3 is 0 Å². The van der Waals surface area contributed by atoms with E-state index >= 15 is 0 Å². The van der Waals surface area contributed by atoms with Crippen molar-refractivity contribution in [3.8, 4) is 0 Å². The van der Waals surface area contributed by atoms with Crippen LogP contribution in [0.4, 0.5) is 4.79 Å². The van der Waals surface area contributed by atoms with Crippen molar-refractivity contribution in [2.24, 2.45) is 0 Å². The molecular weight excluding hydrogens is 210 g/mol. The number of hydrogen-bond donors (Lipinski definition) is 1. The minimum atomic E-state index is -0.833. The van der Waals surface area contributed by atoms with Crippen molar-refractivity contribution in [2.75, 3.05) is 0 Å². The van der Waals surface area contributed by atoms with Gasteiger partial charge in [0.1, 0.15) is 0 Å². The Hall–Kier alpha value is 0.912. The van der Waals surface area contributed by atoms with Gasteiger partial charge in [0.25, 0.3) is 0 Å². The number of hydrogen-bond acceptors (Lipinski definition) is 1. The Morgan fingerprint density at radius 1 is 1.80 bits per heavy atom. The van der Waals surface area contributed by atoms with Gasteiger partial charge in [0.2, 0.25) is 0 Å². The largest absolute Gasteiger partial charge is 0 e. The number of carboxylic acid groups (broad SMARTS) is 1. The van der Waals surface area contributed by atoms with Crippen LogP contribution in [0.3, 0.4) is 0 Å². The molecule has 0 aromatic heterocycles. The predicted molar refractivity (Wildman–Crippen MR) is 15.2 cm³/mol. The first kappa shape index (κ1) is 9.32. The van der Waals surface area contributed by atoms with Crippen molar-refractivity contribution in [1.82, 2.24) is 0 Å². The van der Waals surface area contributed by atoms with E-state index in [1.165, 1.54) is 0 Å². The van der Waals surface area contributed by atoms with Crippen molar-refractivity contribution >= 4 is 21.6 Å². The second kappa shape index (κ2) is 4.91. The van der Waals surface area contributed by atoms with E-state index in [-0.39, 0.29) is 26.2 Å². The maximum Gasteiger partial charge on any atom is 0 e. The first-order chi connectivity index (χ1) is 1.73. The fraction of sp³-hybridized carbons (Fsp3) is 0. The molecule has 0 spiro atoms. The fourth-order valence-electron chi connectivity index (χ4n) is 0. The standard InChI is InChI=1S/CH2AsO2.Zr/c2-1(3)4;/h2H,(H,3,4);. The number of rotatable bonds is 0. The van der Waals surface area contributed by atoms with Crippen LogP contribution in [0.5, 0.6) is 0 Å². The van der Waals surface area contributed by atoms with Crippen LogP contribution in [0, 0.1) is 0 Å². The van der Waals surface area contributed by atoms with E-state index in [1.54, 1.807) is 0 Å². The molecule has 1 N–H and O–H groups in total. The Labute approximate surface area is 57.6 Å². The van der Waals surface area contributed by atoms with E-state index in [2.05, 4.69) is 0 Å². The van der Waals surface area contributed by atoms with E-state index in [0.29, 0.717) is 0 Å². The molecule has 0 fully saturated rings. The van der Waals surface area contributed by atoms with Crippen LogP contribution in [0.15, 0.2) is 0 Å². The topological polar surface area (TPSA) is 37.3 Å². The maximum absolute atomic E-state index is 9.00. The molecule has 0 rings (SSSR count). The smallest absolute Gasteiger partial charge is 0 e. The zero-order chi connectivity index (χ0) is 3.58. The molecule has 0 heterocycles. The molecule has 0 aliphatic heterocycles. The van der Waals surface area contributed by atoms with Gasteiger partial charge in [-0.15, -0.1) is 0 Å². The third-order valence-corrected chi connectivity index (χ3v) is 0. The molecule has 0 aromatic rings. The zero-order valence-corrected chi connectivity index (χ0v) is 6.91. The van der Waals surface area contributed by atoms with Gasteiger partial charge in [-0.1, -0.05) is 0 Å². The monoisotopic (exact) mass is 211 g/mol. The molecule has 4 heteroatoms. The first-order valence-corrected chi connectivity index (χ1v) is 1.73. The summed E-state index contributed by atoms with van der Waals surface area (Å²) in [6, 6.07) is 0. The number of carbonyl (C=O) groups is 1. The summed E-state index contributed by atoms with van der Waals surface area (Å²) in [6.07, 6.45) is 0. The summed E-state index contributed by atoms with van der Waals surface area (Å²) in [7, 11) is 0. The van der Waals surface area contributed by atoms with Gasteiger partial charge >= 0.3 is 31.5 Å². The Balaban J connectivity index is 0. The molecule has 0 saturated heterocycles. The van der Waals surface area contributed by atoms with Gasteiger partial charge in [-0.05, 0) is 0 Å². The second-order valence-corrected chi connectivity index (χ2v) is 1.20. The summed E-state index contributed by atoms with van der Waals surface area (Å²) in [4.78, 5) is 9.00. The quantitative estimate of drug-likeness (QED) is 0.553. The average Bonchev–Trinajstić information content (AvgIpc) is 0.811. The van der Waals surface area contributed by atoms with Crippen LogP contribution in [-0.4, -0.2) is 26.7 Å². The molecule has 27 valence electrons. The van der Waals surface area contributed by atoms with Crippen molar-refractivity contribution in [3.05, 3.63) is 0 Å². The van der Waals surface area contributed by atoms with E-state index < -0.39 is 4.76 Å². The molecule has 0 atom stereocenters. The Bertz CT molecular complexity index is 32.6. The normalized spacial score (nSPS) is 5.00. The first-order valence-electron chi connectivity index (χ1n) is 0.678. The zero-order valence-electron chi connectivity index (χ0n) is 2.36. The van der Waals surface area contributed by atoms with E-state index in [0.717, 1.165) is 16.9 Å². The van der Waals surface area contributed by atoms with Crippen LogP contribution in [-0.2, 0) is 26.2 Å². The summed E-state index contributed by atoms with van der Waals surface area (Å²) >= 11 is 1.08. The molecular formula is CH2AsO2Zr. The maximum atomic E-state index is 9.00. The summed E-state index contributed by atoms with van der Waals surface area (Å²) in [5.74, 6) is 0. The molecule has 1 radical (unpaired) electrons. The molecule has 0 aliphatic rings. The predicted octanol–water partition coefficient (Wildman–Crippen LogP) is -0.437. The van der Waals surface area contributed by atoms with Crippen molar-refractivity contribution in [1.29, 1.82) is 0 Å². The van der Waals surface area contributed by atoms with Crippen molar-refractivity contribution in [2.45, 2.75) is 0 Å². The molecule has 0 aromatic carbocycles. The SMILES string of the molecule is O=C(O)[AsH].[Zr]. The Kier molecular flexibility index (Phi) is 9.16. The van der Waals surface area contributed by atoms with E-state index in [4.69, 9.17) is 9.90 Å². The van der Waals surface area contributed by atoms with E-state index in [1.807, 2.05) is 0 Å². The molecule has 0 unspecified atom stereocenters. The van der Waals surface area contributed by atoms with Crippen LogP contribution in [0.25, 0.3) is 0 Å². The summed E-state index contributed by atoms with van der Waals surface area (Å²) in [5.41, 5.74) is 0. The molecule has 0 saturated carbocycles. The van der Waals surface area contributed by atoms with Gasteiger partial charge in [0.05, 0.1) is 0 Å². The van der Waals surface area contributed by atoms with Gasteiger partial charge in [-0.2, -0.15) is 0 Å². The van der Waals surface area contributed by atoms with Gasteiger partial charge in [0, 0.05) is 26.2 Å². The van der Waals surface area contributed by atoms with Gasteiger partial charge in [-0.3, -0.25) is 0 Å². The molecule has 2 nitrogen and oxygen atoms in total. The van der Waals surface area contributed by atoms with Crippen LogP contribution >= 0.6 is 0 Å².